The normalized spacial score (nSPS) is 17.6. The molecule has 1 saturated heterocycles. The lowest BCUT2D eigenvalue weighted by Gasteiger charge is -2.31. The molecule has 2 rings (SSSR count). The van der Waals surface area contributed by atoms with Crippen LogP contribution >= 0.6 is 0 Å². The zero-order chi connectivity index (χ0) is 17.4. The first kappa shape index (κ1) is 18.9. The number of nitrogens with zero attached hydrogens (tertiary/aromatic N) is 1. The Bertz CT molecular complexity index is 492. The summed E-state index contributed by atoms with van der Waals surface area (Å²) in [6.45, 7) is 8.54. The van der Waals surface area contributed by atoms with E-state index in [0.29, 0.717) is 13.0 Å². The van der Waals surface area contributed by atoms with E-state index < -0.39 is 0 Å². The van der Waals surface area contributed by atoms with Crippen molar-refractivity contribution in [2.45, 2.75) is 52.1 Å². The number of piperidine rings is 1. The standard InChI is InChI=1S/C20H33N3O/c1-4-17-10-13-23(14-11-17)15-18-5-7-19(8-6-18)16(2)22-20(24)9-12-21-3/h5-8,16-17,21H,4,9-15H2,1-3H3,(H,22,24)/t16-/m1/s1. The van der Waals surface area contributed by atoms with Gasteiger partial charge in [0.15, 0.2) is 0 Å². The molecule has 4 nitrogen and oxygen atoms in total. The van der Waals surface area contributed by atoms with Crippen LogP contribution in [0.25, 0.3) is 0 Å². The average molecular weight is 332 g/mol. The van der Waals surface area contributed by atoms with E-state index in [9.17, 15) is 4.79 Å². The van der Waals surface area contributed by atoms with Gasteiger partial charge in [-0.3, -0.25) is 9.69 Å². The summed E-state index contributed by atoms with van der Waals surface area (Å²) in [5.41, 5.74) is 2.53. The van der Waals surface area contributed by atoms with E-state index in [0.717, 1.165) is 12.5 Å². The van der Waals surface area contributed by atoms with E-state index in [1.165, 1.54) is 43.5 Å². The maximum atomic E-state index is 11.8. The summed E-state index contributed by atoms with van der Waals surface area (Å²) in [6.07, 6.45) is 4.52. The van der Waals surface area contributed by atoms with E-state index in [4.69, 9.17) is 0 Å². The van der Waals surface area contributed by atoms with Gasteiger partial charge in [0, 0.05) is 19.5 Å². The number of likely N-dealkylation sites (tertiary alicyclic amines) is 1. The molecule has 1 fully saturated rings. The summed E-state index contributed by atoms with van der Waals surface area (Å²) in [6, 6.07) is 8.77. The maximum absolute atomic E-state index is 11.8. The molecule has 1 aliphatic heterocycles. The molecule has 0 radical (unpaired) electrons. The SMILES string of the molecule is CCC1CCN(Cc2ccc([C@@H](C)NC(=O)CCNC)cc2)CC1. The Kier molecular flexibility index (Phi) is 7.73. The summed E-state index contributed by atoms with van der Waals surface area (Å²) < 4.78 is 0. The van der Waals surface area contributed by atoms with Crippen molar-refractivity contribution in [3.8, 4) is 0 Å². The quantitative estimate of drug-likeness (QED) is 0.769. The average Bonchev–Trinajstić information content (AvgIpc) is 2.61. The van der Waals surface area contributed by atoms with Gasteiger partial charge in [-0.15, -0.1) is 0 Å². The number of carbonyl (C=O) groups is 1. The minimum absolute atomic E-state index is 0.0590. The van der Waals surface area contributed by atoms with Gasteiger partial charge in [-0.25, -0.2) is 0 Å². The van der Waals surface area contributed by atoms with Crippen LogP contribution in [-0.4, -0.2) is 37.5 Å². The van der Waals surface area contributed by atoms with E-state index in [1.807, 2.05) is 14.0 Å². The lowest BCUT2D eigenvalue weighted by atomic mass is 9.94. The molecule has 1 atom stereocenters. The van der Waals surface area contributed by atoms with Gasteiger partial charge in [0.25, 0.3) is 0 Å². The van der Waals surface area contributed by atoms with Crippen LogP contribution in [0, 0.1) is 5.92 Å². The molecule has 0 spiro atoms. The van der Waals surface area contributed by atoms with Gasteiger partial charge in [-0.1, -0.05) is 37.6 Å². The summed E-state index contributed by atoms with van der Waals surface area (Å²) in [5, 5.41) is 6.05. The van der Waals surface area contributed by atoms with Gasteiger partial charge < -0.3 is 10.6 Å². The Labute approximate surface area is 147 Å². The zero-order valence-corrected chi connectivity index (χ0v) is 15.5. The Hall–Kier alpha value is -1.39. The molecular weight excluding hydrogens is 298 g/mol. The molecule has 4 heteroatoms. The van der Waals surface area contributed by atoms with Gasteiger partial charge in [-0.05, 0) is 56.9 Å². The number of carbonyl (C=O) groups excluding carboxylic acids is 1. The van der Waals surface area contributed by atoms with Crippen molar-refractivity contribution in [1.29, 1.82) is 0 Å². The van der Waals surface area contributed by atoms with Crippen molar-refractivity contribution in [2.24, 2.45) is 5.92 Å². The van der Waals surface area contributed by atoms with E-state index in [-0.39, 0.29) is 11.9 Å². The van der Waals surface area contributed by atoms with Crippen LogP contribution in [0.5, 0.6) is 0 Å². The highest BCUT2D eigenvalue weighted by Crippen LogP contribution is 2.22. The molecule has 2 N–H and O–H groups in total. The Morgan fingerprint density at radius 2 is 1.92 bits per heavy atom. The Morgan fingerprint density at radius 3 is 2.50 bits per heavy atom. The van der Waals surface area contributed by atoms with E-state index >= 15 is 0 Å². The predicted molar refractivity (Wildman–Crippen MR) is 99.8 cm³/mol. The van der Waals surface area contributed by atoms with Crippen molar-refractivity contribution >= 4 is 5.91 Å². The third-order valence-electron chi connectivity index (χ3n) is 5.15. The number of hydrogen-bond donors (Lipinski definition) is 2. The summed E-state index contributed by atoms with van der Waals surface area (Å²) >= 11 is 0. The van der Waals surface area contributed by atoms with Gasteiger partial charge in [0.05, 0.1) is 6.04 Å². The van der Waals surface area contributed by atoms with Gasteiger partial charge >= 0.3 is 0 Å². The molecule has 0 unspecified atom stereocenters. The minimum atomic E-state index is 0.0590. The lowest BCUT2D eigenvalue weighted by Crippen LogP contribution is -2.33. The van der Waals surface area contributed by atoms with Crippen LogP contribution < -0.4 is 10.6 Å². The predicted octanol–water partition coefficient (Wildman–Crippen LogP) is 3.10. The van der Waals surface area contributed by atoms with Crippen LogP contribution in [-0.2, 0) is 11.3 Å². The van der Waals surface area contributed by atoms with Crippen LogP contribution in [0.4, 0.5) is 0 Å². The minimum Gasteiger partial charge on any atom is -0.350 e. The number of nitrogens with one attached hydrogen (secondary N) is 2. The summed E-state index contributed by atoms with van der Waals surface area (Å²) in [5.74, 6) is 1.02. The van der Waals surface area contributed by atoms with Crippen molar-refractivity contribution in [2.75, 3.05) is 26.7 Å². The van der Waals surface area contributed by atoms with Crippen molar-refractivity contribution in [3.63, 3.8) is 0 Å². The molecule has 0 aromatic heterocycles. The summed E-state index contributed by atoms with van der Waals surface area (Å²) in [4.78, 5) is 14.4. The smallest absolute Gasteiger partial charge is 0.221 e. The van der Waals surface area contributed by atoms with Crippen LogP contribution in [0.2, 0.25) is 0 Å². The van der Waals surface area contributed by atoms with E-state index in [2.05, 4.69) is 46.7 Å². The molecule has 1 amide bonds. The van der Waals surface area contributed by atoms with Gasteiger partial charge in [-0.2, -0.15) is 0 Å². The first-order valence-electron chi connectivity index (χ1n) is 9.37. The topological polar surface area (TPSA) is 44.4 Å². The molecule has 0 saturated carbocycles. The maximum Gasteiger partial charge on any atom is 0.221 e. The monoisotopic (exact) mass is 331 g/mol. The highest BCUT2D eigenvalue weighted by atomic mass is 16.1. The van der Waals surface area contributed by atoms with Gasteiger partial charge in [0.1, 0.15) is 0 Å². The largest absolute Gasteiger partial charge is 0.350 e. The molecule has 24 heavy (non-hydrogen) atoms. The number of rotatable bonds is 8. The van der Waals surface area contributed by atoms with Crippen LogP contribution in [0.15, 0.2) is 24.3 Å². The molecule has 1 heterocycles. The third kappa shape index (κ3) is 5.91. The molecular formula is C20H33N3O. The highest BCUT2D eigenvalue weighted by molar-refractivity contribution is 5.76. The molecule has 1 aromatic rings. The van der Waals surface area contributed by atoms with Crippen molar-refractivity contribution < 1.29 is 4.79 Å². The van der Waals surface area contributed by atoms with E-state index in [1.54, 1.807) is 0 Å². The number of benzene rings is 1. The summed E-state index contributed by atoms with van der Waals surface area (Å²) in [7, 11) is 1.86. The second-order valence-electron chi connectivity index (χ2n) is 7.01. The third-order valence-corrected chi connectivity index (χ3v) is 5.15. The Balaban J connectivity index is 1.81. The van der Waals surface area contributed by atoms with Gasteiger partial charge in [0.2, 0.25) is 5.91 Å². The fraction of sp³-hybridized carbons (Fsp3) is 0.650. The van der Waals surface area contributed by atoms with Crippen molar-refractivity contribution in [3.05, 3.63) is 35.4 Å². The first-order valence-corrected chi connectivity index (χ1v) is 9.37. The number of amides is 1. The van der Waals surface area contributed by atoms with Crippen molar-refractivity contribution in [1.82, 2.24) is 15.5 Å². The fourth-order valence-electron chi connectivity index (χ4n) is 3.36. The second-order valence-corrected chi connectivity index (χ2v) is 7.01. The molecule has 1 aromatic carbocycles. The molecule has 0 bridgehead atoms. The van der Waals surface area contributed by atoms with Crippen LogP contribution in [0.1, 0.15) is 56.7 Å². The first-order chi connectivity index (χ1) is 11.6. The molecule has 1 aliphatic rings. The number of hydrogen-bond acceptors (Lipinski definition) is 3. The molecule has 0 aliphatic carbocycles. The molecule has 134 valence electrons. The zero-order valence-electron chi connectivity index (χ0n) is 15.5. The van der Waals surface area contributed by atoms with Crippen LogP contribution in [0.3, 0.4) is 0 Å². The lowest BCUT2D eigenvalue weighted by molar-refractivity contribution is -0.121. The Morgan fingerprint density at radius 1 is 1.25 bits per heavy atom. The highest BCUT2D eigenvalue weighted by Gasteiger charge is 2.17. The fourth-order valence-corrected chi connectivity index (χ4v) is 3.36. The second kappa shape index (κ2) is 9.80.